The molecule has 0 aromatic carbocycles. The highest BCUT2D eigenvalue weighted by Crippen LogP contribution is 2.21. The average molecular weight is 481 g/mol. The predicted molar refractivity (Wildman–Crippen MR) is 149 cm³/mol. The molecule has 7 heteroatoms. The molecule has 0 radical (unpaired) electrons. The van der Waals surface area contributed by atoms with Crippen molar-refractivity contribution in [2.45, 2.75) is 80.1 Å². The molecule has 1 amide bonds. The molecule has 1 rings (SSSR count). The zero-order chi connectivity index (χ0) is 27.4. The van der Waals surface area contributed by atoms with E-state index in [1.54, 1.807) is 19.1 Å². The number of amides is 1. The van der Waals surface area contributed by atoms with E-state index < -0.39 is 5.91 Å². The summed E-state index contributed by atoms with van der Waals surface area (Å²) in [7, 11) is 1.87. The van der Waals surface area contributed by atoms with Gasteiger partial charge in [-0.3, -0.25) is 4.79 Å². The summed E-state index contributed by atoms with van der Waals surface area (Å²) in [4.78, 5) is 15.6. The van der Waals surface area contributed by atoms with Crippen LogP contribution >= 0.6 is 0 Å². The van der Waals surface area contributed by atoms with Crippen molar-refractivity contribution in [3.05, 3.63) is 53.7 Å². The second-order valence-corrected chi connectivity index (χ2v) is 8.19. The molecular formula is C28H44N6O. The highest BCUT2D eigenvalue weighted by molar-refractivity contribution is 5.97. The first-order chi connectivity index (χ1) is 16.5. The van der Waals surface area contributed by atoms with Gasteiger partial charge < -0.3 is 21.1 Å². The summed E-state index contributed by atoms with van der Waals surface area (Å²) in [6.07, 6.45) is 14.8. The van der Waals surface area contributed by atoms with E-state index in [0.717, 1.165) is 29.7 Å². The van der Waals surface area contributed by atoms with E-state index in [-0.39, 0.29) is 5.57 Å². The standard InChI is InChI=1S/C18H23N5O.C7H13N.C3H8/c1-11(17(21)24)6-7-15(9-19)14(4)18-22-16(10-23(18)5)12(2)8-13(3)20;1-2-3-4-5-6-7-8;1-3-2/h6-10,19-20H,1H2,2-5H3,(H2,21,24);2-6H2,1H3;3H2,1-2H3/b7-6-,12-8+,15-14-,19-9?,20-13?;;. The largest absolute Gasteiger partial charge is 0.366 e. The number of rotatable bonds is 11. The van der Waals surface area contributed by atoms with Crippen LogP contribution in [-0.4, -0.2) is 27.4 Å². The number of carbonyl (C=O) groups is 1. The fourth-order valence-corrected chi connectivity index (χ4v) is 2.72. The lowest BCUT2D eigenvalue weighted by Gasteiger charge is -2.04. The Hall–Kier alpha value is -3.53. The molecule has 4 N–H and O–H groups in total. The second-order valence-electron chi connectivity index (χ2n) is 8.19. The Morgan fingerprint density at radius 3 is 2.26 bits per heavy atom. The Morgan fingerprint density at radius 2 is 1.80 bits per heavy atom. The van der Waals surface area contributed by atoms with Crippen LogP contribution in [0.1, 0.15) is 91.6 Å². The molecule has 0 bridgehead atoms. The number of hydrogen-bond acceptors (Lipinski definition) is 5. The Labute approximate surface area is 212 Å². The van der Waals surface area contributed by atoms with Crippen LogP contribution in [0.15, 0.2) is 42.2 Å². The molecule has 0 atom stereocenters. The van der Waals surface area contributed by atoms with Crippen molar-refractivity contribution in [3.8, 4) is 6.07 Å². The third-order valence-corrected chi connectivity index (χ3v) is 4.56. The van der Waals surface area contributed by atoms with Crippen LogP contribution in [-0.2, 0) is 11.8 Å². The van der Waals surface area contributed by atoms with E-state index in [1.165, 1.54) is 38.0 Å². The first-order valence-corrected chi connectivity index (χ1v) is 12.0. The van der Waals surface area contributed by atoms with Crippen LogP contribution in [0.5, 0.6) is 0 Å². The van der Waals surface area contributed by atoms with Gasteiger partial charge in [-0.05, 0) is 50.5 Å². The van der Waals surface area contributed by atoms with Crippen LogP contribution in [0.2, 0.25) is 0 Å². The number of aryl methyl sites for hydroxylation is 1. The minimum absolute atomic E-state index is 0.169. The maximum absolute atomic E-state index is 11.0. The summed E-state index contributed by atoms with van der Waals surface area (Å²) in [5.41, 5.74) is 8.83. The van der Waals surface area contributed by atoms with Gasteiger partial charge in [-0.2, -0.15) is 5.26 Å². The van der Waals surface area contributed by atoms with E-state index in [1.807, 2.05) is 31.7 Å². The number of nitriles is 1. The summed E-state index contributed by atoms with van der Waals surface area (Å²) in [6, 6.07) is 2.13. The van der Waals surface area contributed by atoms with Crippen molar-refractivity contribution in [2.24, 2.45) is 12.8 Å². The minimum atomic E-state index is -0.602. The van der Waals surface area contributed by atoms with Crippen LogP contribution < -0.4 is 5.73 Å². The topological polar surface area (TPSA) is 132 Å². The molecule has 192 valence electrons. The number of primary amides is 1. The summed E-state index contributed by atoms with van der Waals surface area (Å²) in [5, 5.41) is 23.2. The van der Waals surface area contributed by atoms with Gasteiger partial charge >= 0.3 is 0 Å². The van der Waals surface area contributed by atoms with Gasteiger partial charge in [-0.15, -0.1) is 0 Å². The van der Waals surface area contributed by atoms with Crippen molar-refractivity contribution in [3.63, 3.8) is 0 Å². The second kappa shape index (κ2) is 19.9. The summed E-state index contributed by atoms with van der Waals surface area (Å²) >= 11 is 0. The summed E-state index contributed by atoms with van der Waals surface area (Å²) in [5.74, 6) is 0.100. The van der Waals surface area contributed by atoms with Gasteiger partial charge in [-0.25, -0.2) is 4.98 Å². The molecule has 0 saturated heterocycles. The summed E-state index contributed by atoms with van der Waals surface area (Å²) < 4.78 is 1.86. The van der Waals surface area contributed by atoms with Gasteiger partial charge in [0.1, 0.15) is 5.82 Å². The van der Waals surface area contributed by atoms with Gasteiger partial charge in [-0.1, -0.05) is 59.1 Å². The molecule has 0 aliphatic heterocycles. The third kappa shape index (κ3) is 15.1. The number of aromatic nitrogens is 2. The monoisotopic (exact) mass is 480 g/mol. The van der Waals surface area contributed by atoms with Gasteiger partial charge in [0.15, 0.2) is 0 Å². The molecule has 35 heavy (non-hydrogen) atoms. The molecule has 0 unspecified atom stereocenters. The molecule has 1 aromatic rings. The lowest BCUT2D eigenvalue weighted by molar-refractivity contribution is -0.114. The van der Waals surface area contributed by atoms with E-state index >= 15 is 0 Å². The van der Waals surface area contributed by atoms with Gasteiger partial charge in [0, 0.05) is 42.7 Å². The van der Waals surface area contributed by atoms with Gasteiger partial charge in [0.05, 0.1) is 11.8 Å². The van der Waals surface area contributed by atoms with Crippen LogP contribution in [0, 0.1) is 22.1 Å². The Balaban J connectivity index is 0. The Kier molecular flexibility index (Phi) is 19.1. The number of carbonyl (C=O) groups excluding carboxylic acids is 1. The SMILES string of the molecule is C=C(/C=C\C(C=N)=C(/C)c1nc(/C(C)=C/C(C)=N)cn1C)C(N)=O.CCC.CCCCCCC#N. The van der Waals surface area contributed by atoms with E-state index in [0.29, 0.717) is 17.1 Å². The number of nitrogens with zero attached hydrogens (tertiary/aromatic N) is 3. The van der Waals surface area contributed by atoms with E-state index in [2.05, 4.69) is 38.4 Å². The molecule has 0 aliphatic rings. The maximum atomic E-state index is 11.0. The van der Waals surface area contributed by atoms with Crippen molar-refractivity contribution in [2.75, 3.05) is 0 Å². The quantitative estimate of drug-likeness (QED) is 0.139. The molecule has 0 spiro atoms. The fraction of sp³-hybridized carbons (Fsp3) is 0.464. The number of nitrogens with two attached hydrogens (primary N) is 1. The lowest BCUT2D eigenvalue weighted by Crippen LogP contribution is -2.11. The first kappa shape index (κ1) is 33.6. The van der Waals surface area contributed by atoms with E-state index in [9.17, 15) is 4.79 Å². The zero-order valence-electron chi connectivity index (χ0n) is 22.7. The normalized spacial score (nSPS) is 11.3. The molecular weight excluding hydrogens is 436 g/mol. The number of hydrogen-bond donors (Lipinski definition) is 3. The molecule has 0 aliphatic carbocycles. The molecule has 1 aromatic heterocycles. The number of nitrogens with one attached hydrogen (secondary N) is 2. The van der Waals surface area contributed by atoms with Crippen molar-refractivity contribution < 1.29 is 4.79 Å². The number of allylic oxidation sites excluding steroid dienone is 5. The third-order valence-electron chi connectivity index (χ3n) is 4.56. The van der Waals surface area contributed by atoms with Gasteiger partial charge in [0.2, 0.25) is 5.91 Å². The van der Waals surface area contributed by atoms with Crippen LogP contribution in [0.3, 0.4) is 0 Å². The highest BCUT2D eigenvalue weighted by atomic mass is 16.1. The fourth-order valence-electron chi connectivity index (χ4n) is 2.72. The van der Waals surface area contributed by atoms with Crippen molar-refractivity contribution >= 4 is 29.0 Å². The molecule has 0 saturated carbocycles. The maximum Gasteiger partial charge on any atom is 0.248 e. The zero-order valence-corrected chi connectivity index (χ0v) is 22.7. The predicted octanol–water partition coefficient (Wildman–Crippen LogP) is 6.78. The first-order valence-electron chi connectivity index (χ1n) is 12.0. The average Bonchev–Trinajstić information content (AvgIpc) is 3.19. The lowest BCUT2D eigenvalue weighted by atomic mass is 10.1. The van der Waals surface area contributed by atoms with Gasteiger partial charge in [0.25, 0.3) is 0 Å². The Morgan fingerprint density at radius 1 is 1.20 bits per heavy atom. The molecule has 7 nitrogen and oxygen atoms in total. The highest BCUT2D eigenvalue weighted by Gasteiger charge is 2.11. The Bertz CT molecular complexity index is 970. The van der Waals surface area contributed by atoms with Crippen LogP contribution in [0.4, 0.5) is 0 Å². The number of imidazole rings is 1. The van der Waals surface area contributed by atoms with Crippen molar-refractivity contribution in [1.29, 1.82) is 16.1 Å². The van der Waals surface area contributed by atoms with Crippen LogP contribution in [0.25, 0.3) is 11.1 Å². The molecule has 0 fully saturated rings. The summed E-state index contributed by atoms with van der Waals surface area (Å²) in [6.45, 7) is 15.4. The number of unbranched alkanes of at least 4 members (excludes halogenated alkanes) is 4. The smallest absolute Gasteiger partial charge is 0.248 e. The van der Waals surface area contributed by atoms with Crippen molar-refractivity contribution in [1.82, 2.24) is 9.55 Å². The van der Waals surface area contributed by atoms with E-state index in [4.69, 9.17) is 21.8 Å². The minimum Gasteiger partial charge on any atom is -0.366 e. The molecule has 1 heterocycles.